The zero-order chi connectivity index (χ0) is 20.0. The summed E-state index contributed by atoms with van der Waals surface area (Å²) in [6, 6.07) is 8.47. The van der Waals surface area contributed by atoms with Crippen LogP contribution in [0.25, 0.3) is 0 Å². The molecular formula is C22H36N4O2. The van der Waals surface area contributed by atoms with Gasteiger partial charge in [-0.2, -0.15) is 0 Å². The molecule has 2 aliphatic rings. The van der Waals surface area contributed by atoms with Crippen LogP contribution in [-0.4, -0.2) is 78.8 Å². The van der Waals surface area contributed by atoms with Crippen molar-refractivity contribution in [2.45, 2.75) is 44.8 Å². The molecule has 0 saturated carbocycles. The van der Waals surface area contributed by atoms with Crippen LogP contribution in [0.1, 0.15) is 43.7 Å². The summed E-state index contributed by atoms with van der Waals surface area (Å²) >= 11 is 0. The van der Waals surface area contributed by atoms with Crippen LogP contribution in [0.15, 0.2) is 24.3 Å². The summed E-state index contributed by atoms with van der Waals surface area (Å²) < 4.78 is 0. The molecule has 1 unspecified atom stereocenters. The molecule has 1 amide bonds. The number of carbonyl (C=O) groups excluding carboxylic acids is 1. The topological polar surface area (TPSA) is 67.8 Å². The molecule has 6 nitrogen and oxygen atoms in total. The lowest BCUT2D eigenvalue weighted by Crippen LogP contribution is -2.58. The second-order valence-corrected chi connectivity index (χ2v) is 8.53. The molecule has 3 N–H and O–H groups in total. The number of likely N-dealkylation sites (tertiary alicyclic amines) is 1. The Morgan fingerprint density at radius 3 is 2.57 bits per heavy atom. The van der Waals surface area contributed by atoms with Gasteiger partial charge in [0.05, 0.1) is 0 Å². The Labute approximate surface area is 169 Å². The summed E-state index contributed by atoms with van der Waals surface area (Å²) in [5, 5.41) is 17.6. The number of hydrogen-bond acceptors (Lipinski definition) is 5. The van der Waals surface area contributed by atoms with E-state index in [2.05, 4.69) is 53.6 Å². The summed E-state index contributed by atoms with van der Waals surface area (Å²) in [5.74, 6) is 0.365. The fraction of sp³-hybridized carbons (Fsp3) is 0.682. The van der Waals surface area contributed by atoms with E-state index in [9.17, 15) is 9.90 Å². The Morgan fingerprint density at radius 1 is 1.18 bits per heavy atom. The Hall–Kier alpha value is -1.47. The van der Waals surface area contributed by atoms with E-state index < -0.39 is 5.60 Å². The summed E-state index contributed by atoms with van der Waals surface area (Å²) in [5.41, 5.74) is 1.15. The number of benzene rings is 1. The van der Waals surface area contributed by atoms with Gasteiger partial charge in [0.1, 0.15) is 0 Å². The van der Waals surface area contributed by atoms with Crippen LogP contribution >= 0.6 is 0 Å². The summed E-state index contributed by atoms with van der Waals surface area (Å²) in [6.07, 6.45) is 1.38. The Bertz CT molecular complexity index is 628. The van der Waals surface area contributed by atoms with Gasteiger partial charge in [0, 0.05) is 58.9 Å². The van der Waals surface area contributed by atoms with E-state index in [4.69, 9.17) is 0 Å². The van der Waals surface area contributed by atoms with Gasteiger partial charge in [-0.25, -0.2) is 0 Å². The van der Waals surface area contributed by atoms with Crippen molar-refractivity contribution < 1.29 is 9.90 Å². The van der Waals surface area contributed by atoms with E-state index >= 15 is 0 Å². The highest BCUT2D eigenvalue weighted by molar-refractivity contribution is 5.86. The summed E-state index contributed by atoms with van der Waals surface area (Å²) in [6.45, 7) is 11.9. The number of hydrogen-bond donors (Lipinski definition) is 3. The molecule has 2 aliphatic heterocycles. The van der Waals surface area contributed by atoms with E-state index in [1.807, 2.05) is 4.90 Å². The maximum atomic E-state index is 12.9. The molecule has 6 heteroatoms. The minimum atomic E-state index is -1.28. The van der Waals surface area contributed by atoms with Gasteiger partial charge in [-0.05, 0) is 29.9 Å². The van der Waals surface area contributed by atoms with Crippen LogP contribution in [0.2, 0.25) is 0 Å². The van der Waals surface area contributed by atoms with E-state index in [1.54, 1.807) is 0 Å². The molecule has 3 rings (SSSR count). The fourth-order valence-corrected chi connectivity index (χ4v) is 4.08. The van der Waals surface area contributed by atoms with Crippen molar-refractivity contribution >= 4 is 5.91 Å². The third kappa shape index (κ3) is 5.54. The number of rotatable bonds is 8. The third-order valence-electron chi connectivity index (χ3n) is 5.96. The molecule has 0 aromatic heterocycles. The van der Waals surface area contributed by atoms with Gasteiger partial charge in [-0.15, -0.1) is 0 Å². The van der Waals surface area contributed by atoms with Crippen LogP contribution in [-0.2, 0) is 11.3 Å². The maximum Gasteiger partial charge on any atom is 0.256 e. The molecule has 2 fully saturated rings. The normalized spacial score (nSPS) is 24.1. The molecule has 2 heterocycles. The highest BCUT2D eigenvalue weighted by Crippen LogP contribution is 2.24. The number of piperazine rings is 1. The molecule has 156 valence electrons. The van der Waals surface area contributed by atoms with Crippen molar-refractivity contribution in [2.75, 3.05) is 52.4 Å². The van der Waals surface area contributed by atoms with Gasteiger partial charge in [0.2, 0.25) is 0 Å². The van der Waals surface area contributed by atoms with Gasteiger partial charge in [0.25, 0.3) is 5.91 Å². The third-order valence-corrected chi connectivity index (χ3v) is 5.96. The standard InChI is InChI=1S/C22H36N4O2/c1-18(2)20-6-4-19(5-7-20)16-26-12-3-8-22(28,21(26)27)17-24-11-15-25-13-9-23-10-14-25/h4-7,18,23-24,28H,3,8-17H2,1-2H3. The van der Waals surface area contributed by atoms with Gasteiger partial charge in [-0.1, -0.05) is 38.1 Å². The van der Waals surface area contributed by atoms with Crippen molar-refractivity contribution in [3.05, 3.63) is 35.4 Å². The molecule has 0 aliphatic carbocycles. The molecule has 0 radical (unpaired) electrons. The second kappa shape index (κ2) is 9.83. The van der Waals surface area contributed by atoms with E-state index in [0.29, 0.717) is 32.0 Å². The molecule has 2 saturated heterocycles. The predicted molar refractivity (Wildman–Crippen MR) is 112 cm³/mol. The SMILES string of the molecule is CC(C)c1ccc(CN2CCCC(O)(CNCCN3CCNCC3)C2=O)cc1. The second-order valence-electron chi connectivity index (χ2n) is 8.53. The smallest absolute Gasteiger partial charge is 0.256 e. The minimum absolute atomic E-state index is 0.138. The van der Waals surface area contributed by atoms with E-state index in [0.717, 1.165) is 51.3 Å². The average molecular weight is 389 g/mol. The first-order valence-corrected chi connectivity index (χ1v) is 10.7. The van der Waals surface area contributed by atoms with Gasteiger partial charge in [0.15, 0.2) is 5.60 Å². The number of aliphatic hydroxyl groups is 1. The monoisotopic (exact) mass is 388 g/mol. The lowest BCUT2D eigenvalue weighted by Gasteiger charge is -2.38. The molecule has 1 aromatic carbocycles. The fourth-order valence-electron chi connectivity index (χ4n) is 4.08. The molecule has 1 aromatic rings. The maximum absolute atomic E-state index is 12.9. The van der Waals surface area contributed by atoms with Crippen LogP contribution in [0.5, 0.6) is 0 Å². The Kier molecular flexibility index (Phi) is 7.46. The van der Waals surface area contributed by atoms with Gasteiger partial charge >= 0.3 is 0 Å². The summed E-state index contributed by atoms with van der Waals surface area (Å²) in [4.78, 5) is 17.2. The molecule has 0 spiro atoms. The first-order valence-electron chi connectivity index (χ1n) is 10.7. The van der Waals surface area contributed by atoms with Crippen molar-refractivity contribution in [2.24, 2.45) is 0 Å². The Morgan fingerprint density at radius 2 is 1.89 bits per heavy atom. The van der Waals surface area contributed by atoms with Crippen LogP contribution in [0.3, 0.4) is 0 Å². The first kappa shape index (κ1) is 21.2. The van der Waals surface area contributed by atoms with Crippen LogP contribution in [0, 0.1) is 0 Å². The molecular weight excluding hydrogens is 352 g/mol. The van der Waals surface area contributed by atoms with Crippen molar-refractivity contribution in [1.29, 1.82) is 0 Å². The Balaban J connectivity index is 1.49. The van der Waals surface area contributed by atoms with E-state index in [-0.39, 0.29) is 5.91 Å². The quantitative estimate of drug-likeness (QED) is 0.583. The number of piperidine rings is 1. The first-order chi connectivity index (χ1) is 13.5. The van der Waals surface area contributed by atoms with Crippen molar-refractivity contribution in [3.8, 4) is 0 Å². The summed E-state index contributed by atoms with van der Waals surface area (Å²) in [7, 11) is 0. The lowest BCUT2D eigenvalue weighted by molar-refractivity contribution is -0.157. The van der Waals surface area contributed by atoms with Crippen LogP contribution < -0.4 is 10.6 Å². The highest BCUT2D eigenvalue weighted by Gasteiger charge is 2.41. The van der Waals surface area contributed by atoms with Crippen LogP contribution in [0.4, 0.5) is 0 Å². The predicted octanol–water partition coefficient (Wildman–Crippen LogP) is 1.16. The molecule has 1 atom stereocenters. The zero-order valence-electron chi connectivity index (χ0n) is 17.4. The number of nitrogens with one attached hydrogen (secondary N) is 2. The van der Waals surface area contributed by atoms with E-state index in [1.165, 1.54) is 5.56 Å². The minimum Gasteiger partial charge on any atom is -0.379 e. The number of amides is 1. The highest BCUT2D eigenvalue weighted by atomic mass is 16.3. The van der Waals surface area contributed by atoms with Gasteiger partial charge in [-0.3, -0.25) is 9.69 Å². The van der Waals surface area contributed by atoms with Crippen molar-refractivity contribution in [3.63, 3.8) is 0 Å². The van der Waals surface area contributed by atoms with Crippen molar-refractivity contribution in [1.82, 2.24) is 20.4 Å². The lowest BCUT2D eigenvalue weighted by atomic mass is 9.91. The van der Waals surface area contributed by atoms with Gasteiger partial charge < -0.3 is 20.6 Å². The zero-order valence-corrected chi connectivity index (χ0v) is 17.4. The molecule has 28 heavy (non-hydrogen) atoms. The number of carbonyl (C=O) groups is 1. The molecule has 0 bridgehead atoms. The average Bonchev–Trinajstić information content (AvgIpc) is 2.70. The largest absolute Gasteiger partial charge is 0.379 e. The number of nitrogens with zero attached hydrogens (tertiary/aromatic N) is 2.